The second kappa shape index (κ2) is 16.6. The summed E-state index contributed by atoms with van der Waals surface area (Å²) >= 11 is 0. The predicted octanol–water partition coefficient (Wildman–Crippen LogP) is 16.7. The monoisotopic (exact) mass is 762 g/mol. The van der Waals surface area contributed by atoms with Crippen LogP contribution in [0.5, 0.6) is 0 Å². The fraction of sp³-hybridized carbons (Fsp3) is 0. The average molecular weight is 763 g/mol. The van der Waals surface area contributed by atoms with Gasteiger partial charge >= 0.3 is 0 Å². The molecule has 0 fully saturated rings. The zero-order valence-corrected chi connectivity index (χ0v) is 33.2. The quantitative estimate of drug-likeness (QED) is 0.137. The molecule has 0 bridgehead atoms. The summed E-state index contributed by atoms with van der Waals surface area (Å²) in [7, 11) is 0. The zero-order chi connectivity index (χ0) is 40.1. The molecule has 0 aliphatic carbocycles. The lowest BCUT2D eigenvalue weighted by molar-refractivity contribution is 1.54. The number of rotatable bonds is 9. The number of hydrogen-bond donors (Lipinski definition) is 0. The number of hydrogen-bond acceptors (Lipinski definition) is 0. The second-order valence-corrected chi connectivity index (χ2v) is 15.4. The summed E-state index contributed by atoms with van der Waals surface area (Å²) < 4.78 is 0. The van der Waals surface area contributed by atoms with Crippen LogP contribution in [-0.4, -0.2) is 0 Å². The van der Waals surface area contributed by atoms with Crippen LogP contribution in [0.25, 0.3) is 100 Å². The van der Waals surface area contributed by atoms with E-state index >= 15 is 0 Å². The summed E-state index contributed by atoms with van der Waals surface area (Å²) in [6.07, 6.45) is 0. The standard InChI is InChI=1S/C60H42/c1-5-13-43(14-6-1)47-21-29-51(30-22-47)55-37-56(52-31-23-48(24-32-52)44-15-7-2-8-16-44)40-59(39-55)60-41-57(53-33-25-49(26-34-53)45-17-9-3-10-18-45)38-58(42-60)54-35-27-50(28-36-54)46-19-11-4-12-20-46/h1-42H. The molecule has 10 aromatic carbocycles. The molecule has 0 amide bonds. The van der Waals surface area contributed by atoms with Crippen LogP contribution in [0.15, 0.2) is 255 Å². The van der Waals surface area contributed by atoms with Crippen LogP contribution in [0.3, 0.4) is 0 Å². The molecular formula is C60H42. The maximum Gasteiger partial charge on any atom is -0.0171 e. The first-order chi connectivity index (χ1) is 29.7. The minimum absolute atomic E-state index is 1.17. The van der Waals surface area contributed by atoms with Gasteiger partial charge < -0.3 is 0 Å². The van der Waals surface area contributed by atoms with Gasteiger partial charge in [0, 0.05) is 0 Å². The molecule has 10 rings (SSSR count). The summed E-state index contributed by atoms with van der Waals surface area (Å²) in [6, 6.07) is 92.5. The van der Waals surface area contributed by atoms with Crippen molar-refractivity contribution in [1.29, 1.82) is 0 Å². The minimum atomic E-state index is 1.17. The molecule has 0 unspecified atom stereocenters. The summed E-state index contributed by atoms with van der Waals surface area (Å²) in [5, 5.41) is 0. The third-order valence-electron chi connectivity index (χ3n) is 11.5. The molecule has 0 aliphatic heterocycles. The summed E-state index contributed by atoms with van der Waals surface area (Å²) in [6.45, 7) is 0. The van der Waals surface area contributed by atoms with Crippen molar-refractivity contribution < 1.29 is 0 Å². The molecule has 0 atom stereocenters. The van der Waals surface area contributed by atoms with Gasteiger partial charge in [-0.1, -0.05) is 218 Å². The van der Waals surface area contributed by atoms with E-state index in [1.54, 1.807) is 0 Å². The van der Waals surface area contributed by atoms with Crippen LogP contribution in [0.2, 0.25) is 0 Å². The van der Waals surface area contributed by atoms with Crippen LogP contribution < -0.4 is 0 Å². The summed E-state index contributed by atoms with van der Waals surface area (Å²) in [5.74, 6) is 0. The Bertz CT molecular complexity index is 2570. The van der Waals surface area contributed by atoms with Gasteiger partial charge in [-0.05, 0) is 137 Å². The summed E-state index contributed by atoms with van der Waals surface area (Å²) in [4.78, 5) is 0. The normalized spacial score (nSPS) is 11.0. The van der Waals surface area contributed by atoms with E-state index in [1.807, 2.05) is 0 Å². The Morgan fingerprint density at radius 1 is 0.100 bits per heavy atom. The van der Waals surface area contributed by atoms with Gasteiger partial charge in [0.1, 0.15) is 0 Å². The highest BCUT2D eigenvalue weighted by molar-refractivity contribution is 5.87. The van der Waals surface area contributed by atoms with Crippen molar-refractivity contribution in [2.75, 3.05) is 0 Å². The predicted molar refractivity (Wildman–Crippen MR) is 255 cm³/mol. The molecule has 0 aliphatic rings. The van der Waals surface area contributed by atoms with Crippen LogP contribution in [-0.2, 0) is 0 Å². The van der Waals surface area contributed by atoms with Crippen molar-refractivity contribution in [3.05, 3.63) is 255 Å². The van der Waals surface area contributed by atoms with Gasteiger partial charge in [0.2, 0.25) is 0 Å². The highest BCUT2D eigenvalue weighted by Crippen LogP contribution is 2.39. The molecule has 0 heterocycles. The van der Waals surface area contributed by atoms with Crippen molar-refractivity contribution in [2.24, 2.45) is 0 Å². The van der Waals surface area contributed by atoms with Crippen molar-refractivity contribution in [1.82, 2.24) is 0 Å². The largest absolute Gasteiger partial charge is 0.0622 e. The van der Waals surface area contributed by atoms with Crippen LogP contribution >= 0.6 is 0 Å². The average Bonchev–Trinajstić information content (AvgIpc) is 3.35. The lowest BCUT2D eigenvalue weighted by Crippen LogP contribution is -1.90. The van der Waals surface area contributed by atoms with E-state index in [-0.39, 0.29) is 0 Å². The second-order valence-electron chi connectivity index (χ2n) is 15.4. The molecule has 60 heavy (non-hydrogen) atoms. The maximum absolute atomic E-state index is 2.36. The van der Waals surface area contributed by atoms with Crippen LogP contribution in [0.1, 0.15) is 0 Å². The molecular weight excluding hydrogens is 721 g/mol. The van der Waals surface area contributed by atoms with E-state index in [2.05, 4.69) is 255 Å². The third kappa shape index (κ3) is 7.88. The molecule has 282 valence electrons. The first kappa shape index (κ1) is 36.5. The van der Waals surface area contributed by atoms with Crippen molar-refractivity contribution in [3.8, 4) is 100 Å². The Labute approximate surface area is 353 Å². The molecule has 0 saturated heterocycles. The topological polar surface area (TPSA) is 0 Å². The van der Waals surface area contributed by atoms with Gasteiger partial charge in [0.05, 0.1) is 0 Å². The first-order valence-electron chi connectivity index (χ1n) is 20.6. The lowest BCUT2D eigenvalue weighted by atomic mass is 9.89. The Morgan fingerprint density at radius 3 is 0.383 bits per heavy atom. The van der Waals surface area contributed by atoms with Crippen molar-refractivity contribution in [3.63, 3.8) is 0 Å². The van der Waals surface area contributed by atoms with Gasteiger partial charge in [-0.2, -0.15) is 0 Å². The highest BCUT2D eigenvalue weighted by atomic mass is 14.2. The molecule has 0 radical (unpaired) electrons. The molecule has 0 heteroatoms. The van der Waals surface area contributed by atoms with Gasteiger partial charge in [-0.25, -0.2) is 0 Å². The summed E-state index contributed by atoms with van der Waals surface area (Å²) in [5.41, 5.74) is 21.5. The molecule has 0 aromatic heterocycles. The molecule has 0 saturated carbocycles. The van der Waals surface area contributed by atoms with Crippen molar-refractivity contribution >= 4 is 0 Å². The Kier molecular flexibility index (Phi) is 10.1. The third-order valence-corrected chi connectivity index (χ3v) is 11.5. The highest BCUT2D eigenvalue weighted by Gasteiger charge is 2.13. The lowest BCUT2D eigenvalue weighted by Gasteiger charge is -2.15. The smallest absolute Gasteiger partial charge is 0.0171 e. The number of benzene rings is 10. The molecule has 0 nitrogen and oxygen atoms in total. The Morgan fingerprint density at radius 2 is 0.217 bits per heavy atom. The molecule has 10 aromatic rings. The maximum atomic E-state index is 2.36. The van der Waals surface area contributed by atoms with Crippen LogP contribution in [0, 0.1) is 0 Å². The van der Waals surface area contributed by atoms with E-state index in [0.717, 1.165) is 0 Å². The van der Waals surface area contributed by atoms with E-state index in [9.17, 15) is 0 Å². The van der Waals surface area contributed by atoms with Crippen LogP contribution in [0.4, 0.5) is 0 Å². The van der Waals surface area contributed by atoms with E-state index < -0.39 is 0 Å². The van der Waals surface area contributed by atoms with Gasteiger partial charge in [-0.3, -0.25) is 0 Å². The van der Waals surface area contributed by atoms with Gasteiger partial charge in [-0.15, -0.1) is 0 Å². The fourth-order valence-electron chi connectivity index (χ4n) is 8.20. The molecule has 0 N–H and O–H groups in total. The van der Waals surface area contributed by atoms with E-state index in [4.69, 9.17) is 0 Å². The minimum Gasteiger partial charge on any atom is -0.0622 e. The van der Waals surface area contributed by atoms with Gasteiger partial charge in [0.25, 0.3) is 0 Å². The fourth-order valence-corrected chi connectivity index (χ4v) is 8.20. The van der Waals surface area contributed by atoms with E-state index in [0.29, 0.717) is 0 Å². The molecule has 0 spiro atoms. The van der Waals surface area contributed by atoms with E-state index in [1.165, 1.54) is 100 Å². The first-order valence-corrected chi connectivity index (χ1v) is 20.6. The Balaban J connectivity index is 1.11. The van der Waals surface area contributed by atoms with Crippen molar-refractivity contribution in [2.45, 2.75) is 0 Å². The van der Waals surface area contributed by atoms with Gasteiger partial charge in [0.15, 0.2) is 0 Å². The Hall–Kier alpha value is -7.80. The zero-order valence-electron chi connectivity index (χ0n) is 33.2. The SMILES string of the molecule is c1ccc(-c2ccc(-c3cc(-c4ccc(-c5ccccc5)cc4)cc(-c4cc(-c5ccc(-c6ccccc6)cc5)cc(-c5ccc(-c6ccccc6)cc5)c4)c3)cc2)cc1.